The number of benzene rings is 1. The number of Topliss-reactive ketones (excluding diaryl/α,β-unsaturated/α-hetero) is 2. The van der Waals surface area contributed by atoms with Crippen LogP contribution in [0.3, 0.4) is 0 Å². The molecule has 6 aliphatic rings. The van der Waals surface area contributed by atoms with E-state index in [0.29, 0.717) is 28.9 Å². The molecule has 4 bridgehead atoms. The van der Waals surface area contributed by atoms with E-state index in [-0.39, 0.29) is 47.6 Å². The van der Waals surface area contributed by atoms with Crippen LogP contribution in [0.25, 0.3) is 0 Å². The predicted molar refractivity (Wildman–Crippen MR) is 162 cm³/mol. The first-order valence-corrected chi connectivity index (χ1v) is 15.4. The Morgan fingerprint density at radius 3 is 2.34 bits per heavy atom. The van der Waals surface area contributed by atoms with Gasteiger partial charge in [0.2, 0.25) is 5.78 Å². The molecule has 7 rings (SSSR count). The summed E-state index contributed by atoms with van der Waals surface area (Å²) >= 11 is 0. The van der Waals surface area contributed by atoms with Crippen molar-refractivity contribution in [3.05, 3.63) is 40.0 Å². The molecule has 3 saturated carbocycles. The summed E-state index contributed by atoms with van der Waals surface area (Å²) < 4.78 is 32.7. The van der Waals surface area contributed by atoms with Crippen LogP contribution in [-0.2, 0) is 35.6 Å². The van der Waals surface area contributed by atoms with Gasteiger partial charge in [0.1, 0.15) is 41.3 Å². The number of hydrogen-bond acceptors (Lipinski definition) is 9. The molecule has 4 fully saturated rings. The molecule has 1 saturated heterocycles. The van der Waals surface area contributed by atoms with Crippen molar-refractivity contribution in [1.82, 2.24) is 0 Å². The monoisotopic (exact) mass is 608 g/mol. The number of aromatic hydroxyl groups is 1. The zero-order valence-corrected chi connectivity index (χ0v) is 27.4. The van der Waals surface area contributed by atoms with Crippen LogP contribution in [0, 0.1) is 11.8 Å². The second kappa shape index (κ2) is 9.50. The van der Waals surface area contributed by atoms with E-state index in [2.05, 4.69) is 0 Å². The average molecular weight is 609 g/mol. The summed E-state index contributed by atoms with van der Waals surface area (Å²) in [5.74, 6) is -1.72. The maximum absolute atomic E-state index is 15.2. The van der Waals surface area contributed by atoms with Crippen LogP contribution in [0.2, 0.25) is 0 Å². The zero-order valence-electron chi connectivity index (χ0n) is 27.4. The Hall–Kier alpha value is -3.01. The van der Waals surface area contributed by atoms with Crippen molar-refractivity contribution in [2.45, 2.75) is 115 Å². The van der Waals surface area contributed by atoms with E-state index < -0.39 is 45.8 Å². The third kappa shape index (κ3) is 3.44. The highest BCUT2D eigenvalue weighted by Crippen LogP contribution is 2.72. The van der Waals surface area contributed by atoms with Gasteiger partial charge in [0.15, 0.2) is 22.6 Å². The molecule has 238 valence electrons. The molecule has 1 unspecified atom stereocenters. The van der Waals surface area contributed by atoms with Crippen molar-refractivity contribution in [1.29, 1.82) is 0 Å². The molecule has 3 aliphatic carbocycles. The molecule has 3 heterocycles. The Kier molecular flexibility index (Phi) is 6.69. The number of methoxy groups -OCH3 is 2. The van der Waals surface area contributed by atoms with Crippen molar-refractivity contribution in [3.63, 3.8) is 0 Å². The highest BCUT2D eigenvalue weighted by atomic mass is 16.6. The Bertz CT molecular complexity index is 1550. The molecule has 1 N–H and O–H groups in total. The van der Waals surface area contributed by atoms with Gasteiger partial charge in [0.05, 0.1) is 11.5 Å². The summed E-state index contributed by atoms with van der Waals surface area (Å²) in [5.41, 5.74) is -3.43. The van der Waals surface area contributed by atoms with Gasteiger partial charge in [-0.25, -0.2) is 0 Å². The summed E-state index contributed by atoms with van der Waals surface area (Å²) in [6.07, 6.45) is 3.67. The molecule has 0 radical (unpaired) electrons. The SMILES string of the molecule is CO[C@H]1C2C(=O)c3c(O)c(CC=C(C)C)c4c(c3O[C@]23[C@@H]2C[C@@]1(OC)C(=O)[C@@]3(C/C=C(\C)C=O)OC2(C)C)C(C)(C)[C@H](C)O4. The van der Waals surface area contributed by atoms with E-state index in [1.165, 1.54) is 14.2 Å². The van der Waals surface area contributed by atoms with Crippen molar-refractivity contribution >= 4 is 17.9 Å². The second-order valence-electron chi connectivity index (χ2n) is 14.6. The minimum Gasteiger partial charge on any atom is -0.507 e. The summed E-state index contributed by atoms with van der Waals surface area (Å²) in [4.78, 5) is 41.8. The lowest BCUT2D eigenvalue weighted by atomic mass is 9.44. The van der Waals surface area contributed by atoms with Crippen LogP contribution in [0.15, 0.2) is 23.3 Å². The minimum atomic E-state index is -1.68. The average Bonchev–Trinajstić information content (AvgIpc) is 3.28. The first-order valence-electron chi connectivity index (χ1n) is 15.4. The Morgan fingerprint density at radius 1 is 1.07 bits per heavy atom. The molecule has 1 aromatic rings. The molecule has 1 aromatic carbocycles. The number of carbonyl (C=O) groups is 3. The van der Waals surface area contributed by atoms with Crippen molar-refractivity contribution in [2.75, 3.05) is 14.2 Å². The lowest BCUT2D eigenvalue weighted by Gasteiger charge is -2.65. The van der Waals surface area contributed by atoms with Crippen LogP contribution < -0.4 is 9.47 Å². The number of hydrogen-bond donors (Lipinski definition) is 1. The second-order valence-corrected chi connectivity index (χ2v) is 14.6. The van der Waals surface area contributed by atoms with E-state index in [9.17, 15) is 14.7 Å². The van der Waals surface area contributed by atoms with Gasteiger partial charge in [-0.05, 0) is 60.0 Å². The summed E-state index contributed by atoms with van der Waals surface area (Å²) in [6.45, 7) is 15.4. The Balaban J connectivity index is 1.72. The van der Waals surface area contributed by atoms with Gasteiger partial charge in [0, 0.05) is 43.1 Å². The third-order valence-electron chi connectivity index (χ3n) is 11.4. The maximum atomic E-state index is 15.2. The standard InChI is InChI=1S/C35H44O9/c1-17(2)11-12-20-25(37)22-26(38)23-29(40-9)33(41-10)15-21-32(7,8)44-34(30(33)39,14-13-18(3)16-36)35(21,23)43-28(22)24-27(20)42-19(4)31(24,5)6/h11,13,16,19,21,23,29,37H,12,14-15H2,1-10H3/b18-13+/t19-,21+,23?,29-,33-,34+,35+/m0/s1. The number of allylic oxidation sites excluding steroid dienone is 3. The van der Waals surface area contributed by atoms with Gasteiger partial charge in [-0.2, -0.15) is 0 Å². The number of rotatable bonds is 7. The fraction of sp³-hybridized carbons (Fsp3) is 0.629. The largest absolute Gasteiger partial charge is 0.507 e. The molecular formula is C35H44O9. The van der Waals surface area contributed by atoms with Crippen LogP contribution in [0.4, 0.5) is 0 Å². The molecule has 1 spiro atoms. The third-order valence-corrected chi connectivity index (χ3v) is 11.4. The van der Waals surface area contributed by atoms with Gasteiger partial charge in [0.25, 0.3) is 0 Å². The molecule has 0 aromatic heterocycles. The number of aldehydes is 1. The van der Waals surface area contributed by atoms with Gasteiger partial charge in [-0.3, -0.25) is 14.4 Å². The van der Waals surface area contributed by atoms with Crippen LogP contribution >= 0.6 is 0 Å². The van der Waals surface area contributed by atoms with Crippen LogP contribution in [0.5, 0.6) is 17.2 Å². The smallest absolute Gasteiger partial charge is 0.203 e. The highest BCUT2D eigenvalue weighted by molar-refractivity contribution is 6.11. The van der Waals surface area contributed by atoms with E-state index >= 15 is 4.79 Å². The van der Waals surface area contributed by atoms with Crippen molar-refractivity contribution in [3.8, 4) is 17.2 Å². The predicted octanol–water partition coefficient (Wildman–Crippen LogP) is 4.98. The van der Waals surface area contributed by atoms with Crippen LogP contribution in [-0.4, -0.2) is 71.8 Å². The van der Waals surface area contributed by atoms with E-state index in [0.717, 1.165) is 11.9 Å². The molecule has 44 heavy (non-hydrogen) atoms. The number of ether oxygens (including phenoxy) is 5. The molecule has 7 atom stereocenters. The summed E-state index contributed by atoms with van der Waals surface area (Å²) in [5, 5.41) is 11.9. The molecule has 0 amide bonds. The molecule has 3 aliphatic heterocycles. The number of phenolic OH excluding ortho intramolecular Hbond substituents is 1. The lowest BCUT2D eigenvalue weighted by Crippen LogP contribution is -2.86. The molecule has 9 heteroatoms. The lowest BCUT2D eigenvalue weighted by molar-refractivity contribution is -0.267. The fourth-order valence-electron chi connectivity index (χ4n) is 8.92. The Labute approximate surface area is 258 Å². The topological polar surface area (TPSA) is 118 Å². The number of fused-ring (bicyclic) bond motifs is 3. The number of phenols is 1. The maximum Gasteiger partial charge on any atom is 0.203 e. The van der Waals surface area contributed by atoms with Gasteiger partial charge >= 0.3 is 0 Å². The van der Waals surface area contributed by atoms with E-state index in [4.69, 9.17) is 23.7 Å². The minimum absolute atomic E-state index is 0.000117. The zero-order chi connectivity index (χ0) is 32.4. The van der Waals surface area contributed by atoms with Gasteiger partial charge in [-0.1, -0.05) is 31.6 Å². The quantitative estimate of drug-likeness (QED) is 0.260. The molecule has 9 nitrogen and oxygen atoms in total. The summed E-state index contributed by atoms with van der Waals surface area (Å²) in [6, 6.07) is 0. The first kappa shape index (κ1) is 31.0. The van der Waals surface area contributed by atoms with E-state index in [1.807, 2.05) is 54.5 Å². The normalized spacial score (nSPS) is 37.1. The van der Waals surface area contributed by atoms with Gasteiger partial charge < -0.3 is 28.8 Å². The van der Waals surface area contributed by atoms with Crippen molar-refractivity contribution in [2.24, 2.45) is 11.8 Å². The Morgan fingerprint density at radius 2 is 1.75 bits per heavy atom. The van der Waals surface area contributed by atoms with Crippen LogP contribution in [0.1, 0.15) is 89.7 Å². The van der Waals surface area contributed by atoms with Gasteiger partial charge in [-0.15, -0.1) is 0 Å². The highest BCUT2D eigenvalue weighted by Gasteiger charge is 2.89. The summed E-state index contributed by atoms with van der Waals surface area (Å²) in [7, 11) is 2.93. The van der Waals surface area contributed by atoms with E-state index in [1.54, 1.807) is 13.0 Å². The van der Waals surface area contributed by atoms with Crippen molar-refractivity contribution < 1.29 is 43.2 Å². The number of carbonyl (C=O) groups excluding carboxylic acids is 3. The first-order chi connectivity index (χ1) is 20.5. The fourth-order valence-corrected chi connectivity index (χ4v) is 8.92. The molecular weight excluding hydrogens is 564 g/mol. The number of ketones is 2.